The summed E-state index contributed by atoms with van der Waals surface area (Å²) in [5, 5.41) is 26.9. The third-order valence-corrected chi connectivity index (χ3v) is 11.3. The van der Waals surface area contributed by atoms with E-state index < -0.39 is 88.2 Å². The molecule has 3 aliphatic heterocycles. The highest BCUT2D eigenvalue weighted by molar-refractivity contribution is 6.08. The van der Waals surface area contributed by atoms with Crippen molar-refractivity contribution in [3.63, 3.8) is 0 Å². The van der Waals surface area contributed by atoms with Crippen molar-refractivity contribution in [1.29, 1.82) is 0 Å². The van der Waals surface area contributed by atoms with E-state index in [1.807, 2.05) is 25.9 Å². The summed E-state index contributed by atoms with van der Waals surface area (Å²) in [6.45, 7) is 12.1. The Morgan fingerprint density at radius 1 is 1.12 bits per heavy atom. The number of aliphatic hydroxyl groups excluding tert-OH is 1. The Bertz CT molecular complexity index is 1730. The number of alkyl halides is 1. The molecule has 0 unspecified atom stereocenters. The van der Waals surface area contributed by atoms with Gasteiger partial charge >= 0.3 is 17.9 Å². The Hall–Kier alpha value is -4.28. The minimum atomic E-state index is -3.20. The van der Waals surface area contributed by atoms with E-state index in [1.54, 1.807) is 27.7 Å². The van der Waals surface area contributed by atoms with E-state index in [1.165, 1.54) is 39.3 Å². The number of Topliss-reactive ketones (excluding diaryl/α,β-unsaturated/α-hetero) is 1. The van der Waals surface area contributed by atoms with Gasteiger partial charge in [0.05, 0.1) is 29.1 Å². The van der Waals surface area contributed by atoms with Crippen LogP contribution < -0.4 is 0 Å². The van der Waals surface area contributed by atoms with Crippen LogP contribution in [0.2, 0.25) is 0 Å². The molecule has 0 aliphatic carbocycles. The lowest BCUT2D eigenvalue weighted by Gasteiger charge is -2.47. The van der Waals surface area contributed by atoms with E-state index in [0.717, 1.165) is 6.92 Å². The average molecular weight is 807 g/mol. The second-order valence-electron chi connectivity index (χ2n) is 15.8. The lowest BCUT2D eigenvalue weighted by molar-refractivity contribution is -0.389. The van der Waals surface area contributed by atoms with Gasteiger partial charge in [0.1, 0.15) is 12.2 Å². The van der Waals surface area contributed by atoms with Gasteiger partial charge in [-0.3, -0.25) is 4.79 Å². The fraction of sp³-hybridized carbons (Fsp3) is 0.718. The van der Waals surface area contributed by atoms with Crippen molar-refractivity contribution < 1.29 is 62.1 Å². The summed E-state index contributed by atoms with van der Waals surface area (Å²) in [7, 11) is 5.01. The van der Waals surface area contributed by atoms with Crippen LogP contribution in [0.3, 0.4) is 0 Å². The van der Waals surface area contributed by atoms with Gasteiger partial charge in [0, 0.05) is 37.0 Å². The second kappa shape index (κ2) is 18.1. The molecule has 18 heteroatoms. The molecule has 0 bridgehead atoms. The maximum Gasteiger partial charge on any atom is 0.509 e. The number of halogens is 1. The molecule has 3 fully saturated rings. The number of methoxy groups -OCH3 is 1. The minimum absolute atomic E-state index is 0.0385. The van der Waals surface area contributed by atoms with E-state index in [2.05, 4.69) is 22.0 Å². The van der Waals surface area contributed by atoms with Crippen LogP contribution in [0.15, 0.2) is 23.5 Å². The predicted molar refractivity (Wildman–Crippen MR) is 200 cm³/mol. The maximum absolute atomic E-state index is 16.7. The van der Waals surface area contributed by atoms with Crippen LogP contribution in [-0.2, 0) is 42.8 Å². The molecule has 1 N–H and O–H groups in total. The smallest absolute Gasteiger partial charge is 0.455 e. The number of hydrogen-bond acceptors (Lipinski definition) is 16. The molecule has 57 heavy (non-hydrogen) atoms. The largest absolute Gasteiger partial charge is 0.509 e. The SMILES string of the molecule is CC[C@H]1OC(=O)[C@@](C)(F)C(=O)[C@H](C)[C@@H](O[C@@H]2O[C@H](C)C[C@H](N(C)C)[C@H]2O)[C@](C)(OC)C[C@@H](C)/C(=N\OCC#Cc2ccc([N+](=O)[O-])nc2)[C@H](C)[C@H]2OC(=O)O[C@@]21C. The van der Waals surface area contributed by atoms with E-state index in [-0.39, 0.29) is 37.4 Å². The Labute approximate surface area is 332 Å². The van der Waals surface area contributed by atoms with Crippen molar-refractivity contribution in [3.8, 4) is 11.8 Å². The van der Waals surface area contributed by atoms with Crippen LogP contribution in [0.25, 0.3) is 0 Å². The highest BCUT2D eigenvalue weighted by atomic mass is 19.1. The van der Waals surface area contributed by atoms with E-state index in [0.29, 0.717) is 17.7 Å². The molecule has 0 amide bonds. The number of pyridine rings is 1. The molecular weight excluding hydrogens is 751 g/mol. The van der Waals surface area contributed by atoms with Gasteiger partial charge in [0.25, 0.3) is 5.67 Å². The first-order valence-electron chi connectivity index (χ1n) is 18.9. The molecule has 1 aromatic heterocycles. The van der Waals surface area contributed by atoms with Gasteiger partial charge in [-0.15, -0.1) is 0 Å². The highest BCUT2D eigenvalue weighted by Gasteiger charge is 2.60. The lowest BCUT2D eigenvalue weighted by Crippen LogP contribution is -2.61. The molecule has 4 rings (SSSR count). The van der Waals surface area contributed by atoms with Gasteiger partial charge in [-0.1, -0.05) is 44.7 Å². The minimum Gasteiger partial charge on any atom is -0.455 e. The zero-order valence-electron chi connectivity index (χ0n) is 34.3. The molecule has 1 aromatic rings. The molecular formula is C39H55FN4O13. The van der Waals surface area contributed by atoms with Gasteiger partial charge in [0.2, 0.25) is 0 Å². The van der Waals surface area contributed by atoms with Crippen LogP contribution in [0.1, 0.15) is 80.2 Å². The average Bonchev–Trinajstić information content (AvgIpc) is 3.47. The molecule has 3 saturated heterocycles. The Morgan fingerprint density at radius 2 is 1.81 bits per heavy atom. The molecule has 0 spiro atoms. The Balaban J connectivity index is 1.81. The summed E-state index contributed by atoms with van der Waals surface area (Å²) in [5.41, 5.74) is -5.58. The number of cyclic esters (lactones) is 1. The van der Waals surface area contributed by atoms with Crippen LogP contribution in [0, 0.1) is 39.7 Å². The molecule has 316 valence electrons. The summed E-state index contributed by atoms with van der Waals surface area (Å²) in [6.07, 6.45) is -5.79. The van der Waals surface area contributed by atoms with Crippen molar-refractivity contribution in [2.75, 3.05) is 27.8 Å². The van der Waals surface area contributed by atoms with Crippen molar-refractivity contribution in [1.82, 2.24) is 9.88 Å². The van der Waals surface area contributed by atoms with Crippen LogP contribution in [0.4, 0.5) is 15.0 Å². The van der Waals surface area contributed by atoms with E-state index in [4.69, 9.17) is 33.3 Å². The first kappa shape index (κ1) is 45.4. The quantitative estimate of drug-likeness (QED) is 0.0978. The monoisotopic (exact) mass is 806 g/mol. The Kier molecular flexibility index (Phi) is 14.4. The predicted octanol–water partition coefficient (Wildman–Crippen LogP) is 4.16. The number of carbonyl (C=O) groups is 3. The molecule has 0 saturated carbocycles. The lowest BCUT2D eigenvalue weighted by atomic mass is 9.73. The summed E-state index contributed by atoms with van der Waals surface area (Å²) >= 11 is 0. The van der Waals surface area contributed by atoms with Crippen molar-refractivity contribution in [3.05, 3.63) is 34.0 Å². The topological polar surface area (TPSA) is 208 Å². The van der Waals surface area contributed by atoms with Gasteiger partial charge in [-0.05, 0) is 77.0 Å². The molecule has 0 aromatic carbocycles. The third kappa shape index (κ3) is 9.71. The number of carbonyl (C=O) groups excluding carboxylic acids is 3. The number of nitro groups is 1. The number of aromatic nitrogens is 1. The molecule has 3 aliphatic rings. The Morgan fingerprint density at radius 3 is 2.39 bits per heavy atom. The molecule has 0 radical (unpaired) electrons. The molecule has 13 atom stereocenters. The fourth-order valence-corrected chi connectivity index (χ4v) is 8.08. The van der Waals surface area contributed by atoms with Crippen molar-refractivity contribution in [2.45, 2.75) is 134 Å². The summed E-state index contributed by atoms with van der Waals surface area (Å²) in [6, 6.07) is 2.28. The number of nitrogens with zero attached hydrogens (tertiary/aromatic N) is 4. The maximum atomic E-state index is 16.7. The zero-order chi connectivity index (χ0) is 42.6. The summed E-state index contributed by atoms with van der Waals surface area (Å²) in [5.74, 6) is -0.189. The molecule has 17 nitrogen and oxygen atoms in total. The zero-order valence-corrected chi connectivity index (χ0v) is 34.3. The van der Waals surface area contributed by atoms with Crippen LogP contribution in [-0.4, -0.2) is 131 Å². The summed E-state index contributed by atoms with van der Waals surface area (Å²) in [4.78, 5) is 62.4. The van der Waals surface area contributed by atoms with Gasteiger partial charge in [0.15, 0.2) is 36.6 Å². The highest BCUT2D eigenvalue weighted by Crippen LogP contribution is 2.43. The third-order valence-electron chi connectivity index (χ3n) is 11.3. The number of hydrogen-bond donors (Lipinski definition) is 1. The number of esters is 1. The number of likely N-dealkylation sites (N-methyl/N-ethyl adjacent to an activating group) is 1. The fourth-order valence-electron chi connectivity index (χ4n) is 8.08. The van der Waals surface area contributed by atoms with Crippen molar-refractivity contribution in [2.24, 2.45) is 22.9 Å². The normalized spacial score (nSPS) is 38.6. The standard InChI is InChI=1S/C39H55FN4O13/c1-12-27-39(8)33(56-36(48)57-39)23(4)29(42-52-17-13-14-25-15-16-28(41-20-25)44(49)50)21(2)19-37(6,51-11)32(24(5)31(46)38(7,40)35(47)54-27)55-34-30(45)26(43(9)10)18-22(3)53-34/h15-16,20-24,26-27,30,32-34,45H,12,17-19H2,1-11H3/b42-29+/t21-,22-,23+,24+,26+,27-,30-,32-,33-,34+,37-,38+,39-/m1/s1. The number of aliphatic hydroxyl groups is 1. The first-order valence-corrected chi connectivity index (χ1v) is 18.9. The number of oxime groups is 1. The number of ether oxygens (including phenoxy) is 6. The van der Waals surface area contributed by atoms with Gasteiger partial charge < -0.3 is 53.4 Å². The van der Waals surface area contributed by atoms with Crippen molar-refractivity contribution >= 4 is 29.4 Å². The van der Waals surface area contributed by atoms with Crippen LogP contribution >= 0.6 is 0 Å². The first-order chi connectivity index (χ1) is 26.6. The van der Waals surface area contributed by atoms with Crippen LogP contribution in [0.5, 0.6) is 0 Å². The van der Waals surface area contributed by atoms with Gasteiger partial charge in [-0.25, -0.2) is 14.0 Å². The number of ketones is 1. The second-order valence-corrected chi connectivity index (χ2v) is 15.8. The number of rotatable bonds is 8. The van der Waals surface area contributed by atoms with E-state index >= 15 is 4.39 Å². The molecule has 4 heterocycles. The number of fused-ring (bicyclic) bond motifs is 1. The summed E-state index contributed by atoms with van der Waals surface area (Å²) < 4.78 is 52.5. The van der Waals surface area contributed by atoms with E-state index in [9.17, 15) is 29.6 Å². The van der Waals surface area contributed by atoms with Gasteiger partial charge in [-0.2, -0.15) is 0 Å².